The number of aryl methyl sites for hydroxylation is 2. The number of hydrogen-bond acceptors (Lipinski definition) is 6. The molecule has 2 heterocycles. The first-order valence-electron chi connectivity index (χ1n) is 9.09. The summed E-state index contributed by atoms with van der Waals surface area (Å²) in [5.74, 6) is 1.04. The minimum absolute atomic E-state index is 0.239. The summed E-state index contributed by atoms with van der Waals surface area (Å²) in [4.78, 5) is 24.7. The molecule has 0 bridgehead atoms. The zero-order valence-corrected chi connectivity index (χ0v) is 17.3. The normalized spacial score (nSPS) is 11.9. The lowest BCUT2D eigenvalue weighted by atomic mass is 10.1. The molecule has 8 nitrogen and oxygen atoms in total. The van der Waals surface area contributed by atoms with E-state index in [1.807, 2.05) is 31.4 Å². The van der Waals surface area contributed by atoms with Crippen molar-refractivity contribution in [2.75, 3.05) is 12.9 Å². The number of aliphatic imine (C=N–C) groups is 1. The average molecular weight is 401 g/mol. The van der Waals surface area contributed by atoms with Gasteiger partial charge in [-0.2, -0.15) is 5.10 Å². The van der Waals surface area contributed by atoms with Crippen LogP contribution in [-0.4, -0.2) is 37.8 Å². The van der Waals surface area contributed by atoms with Gasteiger partial charge in [0.1, 0.15) is 17.1 Å². The van der Waals surface area contributed by atoms with Crippen LogP contribution >= 0.6 is 11.8 Å². The maximum absolute atomic E-state index is 12.7. The standard InChI is InChI=1S/C19H24N6O2S/c1-5-7-13-15-16(25(3)24-13)18(26)23-17(22-15)12-10-11(21-19(20)28-4)8-9-14(12)27-6-2/h8-10H,5-7H2,1-4H3,(H2,20,21)(H,22,23,26). The zero-order valence-electron chi connectivity index (χ0n) is 16.4. The maximum Gasteiger partial charge on any atom is 0.277 e. The molecule has 0 aliphatic rings. The molecule has 9 heteroatoms. The molecule has 3 rings (SSSR count). The van der Waals surface area contributed by atoms with Crippen molar-refractivity contribution in [3.63, 3.8) is 0 Å². The van der Waals surface area contributed by atoms with E-state index in [2.05, 4.69) is 22.0 Å². The first-order valence-corrected chi connectivity index (χ1v) is 10.3. The molecular formula is C19H24N6O2S. The van der Waals surface area contributed by atoms with Crippen LogP contribution in [0.4, 0.5) is 5.69 Å². The van der Waals surface area contributed by atoms with Crippen molar-refractivity contribution in [3.8, 4) is 17.1 Å². The van der Waals surface area contributed by atoms with Crippen molar-refractivity contribution in [1.29, 1.82) is 0 Å². The third-order valence-corrected chi connectivity index (χ3v) is 4.73. The molecule has 0 saturated heterocycles. The molecule has 0 radical (unpaired) electrons. The summed E-state index contributed by atoms with van der Waals surface area (Å²) in [6.45, 7) is 4.46. The minimum Gasteiger partial charge on any atom is -0.493 e. The van der Waals surface area contributed by atoms with Crippen molar-refractivity contribution >= 4 is 33.7 Å². The summed E-state index contributed by atoms with van der Waals surface area (Å²) in [5.41, 5.74) is 8.81. The van der Waals surface area contributed by atoms with Crippen LogP contribution in [0.15, 0.2) is 28.0 Å². The van der Waals surface area contributed by atoms with Gasteiger partial charge in [-0.3, -0.25) is 9.48 Å². The Morgan fingerprint density at radius 2 is 2.18 bits per heavy atom. The van der Waals surface area contributed by atoms with E-state index < -0.39 is 0 Å². The Morgan fingerprint density at radius 1 is 1.39 bits per heavy atom. The fourth-order valence-electron chi connectivity index (χ4n) is 3.01. The highest BCUT2D eigenvalue weighted by Gasteiger charge is 2.17. The summed E-state index contributed by atoms with van der Waals surface area (Å²) in [6.07, 6.45) is 3.53. The Labute approximate surface area is 167 Å². The number of hydrogen-bond donors (Lipinski definition) is 2. The van der Waals surface area contributed by atoms with Crippen LogP contribution < -0.4 is 16.0 Å². The number of nitrogens with one attached hydrogen (secondary N) is 1. The smallest absolute Gasteiger partial charge is 0.277 e. The van der Waals surface area contributed by atoms with Gasteiger partial charge in [-0.15, -0.1) is 0 Å². The van der Waals surface area contributed by atoms with Gasteiger partial charge in [0.05, 0.1) is 23.6 Å². The van der Waals surface area contributed by atoms with Gasteiger partial charge in [-0.25, -0.2) is 9.98 Å². The summed E-state index contributed by atoms with van der Waals surface area (Å²) in [7, 11) is 1.75. The SMILES string of the molecule is CCCc1nn(C)c2c(=O)[nH]c(-c3cc(N=C(N)SC)ccc3OCC)nc12. The van der Waals surface area contributed by atoms with E-state index in [4.69, 9.17) is 15.5 Å². The van der Waals surface area contributed by atoms with Crippen molar-refractivity contribution in [3.05, 3.63) is 34.2 Å². The Morgan fingerprint density at radius 3 is 2.86 bits per heavy atom. The van der Waals surface area contributed by atoms with Crippen LogP contribution in [0.1, 0.15) is 26.0 Å². The first kappa shape index (κ1) is 19.9. The van der Waals surface area contributed by atoms with Crippen molar-refractivity contribution < 1.29 is 4.74 Å². The Kier molecular flexibility index (Phi) is 6.03. The molecule has 0 fully saturated rings. The highest BCUT2D eigenvalue weighted by atomic mass is 32.2. The third-order valence-electron chi connectivity index (χ3n) is 4.22. The van der Waals surface area contributed by atoms with Gasteiger partial charge >= 0.3 is 0 Å². The van der Waals surface area contributed by atoms with Gasteiger partial charge in [0.25, 0.3) is 5.56 Å². The van der Waals surface area contributed by atoms with Gasteiger partial charge < -0.3 is 15.5 Å². The molecule has 148 valence electrons. The van der Waals surface area contributed by atoms with Gasteiger partial charge in [-0.1, -0.05) is 25.1 Å². The number of H-pyrrole nitrogens is 1. The first-order chi connectivity index (χ1) is 13.5. The number of thioether (sulfide) groups is 1. The van der Waals surface area contributed by atoms with E-state index in [9.17, 15) is 4.79 Å². The number of rotatable bonds is 6. The van der Waals surface area contributed by atoms with Crippen molar-refractivity contribution in [1.82, 2.24) is 19.7 Å². The Balaban J connectivity index is 2.23. The quantitative estimate of drug-likeness (QED) is 0.486. The molecule has 28 heavy (non-hydrogen) atoms. The minimum atomic E-state index is -0.239. The summed E-state index contributed by atoms with van der Waals surface area (Å²) in [5, 5.41) is 4.91. The fraction of sp³-hybridized carbons (Fsp3) is 0.368. The Bertz CT molecular complexity index is 1090. The van der Waals surface area contributed by atoms with Crippen LogP contribution in [0.3, 0.4) is 0 Å². The number of ether oxygens (including phenoxy) is 1. The number of aromatic amines is 1. The van der Waals surface area contributed by atoms with Crippen LogP contribution in [0.25, 0.3) is 22.4 Å². The summed E-state index contributed by atoms with van der Waals surface area (Å²) >= 11 is 1.36. The average Bonchev–Trinajstić information content (AvgIpc) is 2.99. The monoisotopic (exact) mass is 400 g/mol. The van der Waals surface area contributed by atoms with Gasteiger partial charge in [0, 0.05) is 7.05 Å². The molecule has 0 saturated carbocycles. The fourth-order valence-corrected chi connectivity index (χ4v) is 3.20. The summed E-state index contributed by atoms with van der Waals surface area (Å²) < 4.78 is 7.33. The number of amidine groups is 1. The van der Waals surface area contributed by atoms with Gasteiger partial charge in [0.2, 0.25) is 0 Å². The summed E-state index contributed by atoms with van der Waals surface area (Å²) in [6, 6.07) is 5.44. The van der Waals surface area contributed by atoms with Gasteiger partial charge in [0.15, 0.2) is 10.7 Å². The molecule has 0 aliphatic carbocycles. The van der Waals surface area contributed by atoms with E-state index >= 15 is 0 Å². The second kappa shape index (κ2) is 8.47. The molecule has 3 N–H and O–H groups in total. The molecular weight excluding hydrogens is 376 g/mol. The van der Waals surface area contributed by atoms with E-state index in [0.29, 0.717) is 45.6 Å². The lowest BCUT2D eigenvalue weighted by Gasteiger charge is -2.11. The molecule has 0 aliphatic heterocycles. The molecule has 2 aromatic heterocycles. The Hall–Kier alpha value is -2.81. The van der Waals surface area contributed by atoms with E-state index in [1.165, 1.54) is 11.8 Å². The zero-order chi connectivity index (χ0) is 20.3. The topological polar surface area (TPSA) is 111 Å². The third kappa shape index (κ3) is 3.89. The predicted molar refractivity (Wildman–Crippen MR) is 115 cm³/mol. The predicted octanol–water partition coefficient (Wildman–Crippen LogP) is 2.98. The van der Waals surface area contributed by atoms with E-state index in [-0.39, 0.29) is 5.56 Å². The van der Waals surface area contributed by atoms with Crippen LogP contribution in [0, 0.1) is 0 Å². The van der Waals surface area contributed by atoms with E-state index in [0.717, 1.165) is 18.5 Å². The van der Waals surface area contributed by atoms with Crippen LogP contribution in [0.5, 0.6) is 5.75 Å². The van der Waals surface area contributed by atoms with Crippen LogP contribution in [-0.2, 0) is 13.5 Å². The lowest BCUT2D eigenvalue weighted by molar-refractivity contribution is 0.341. The maximum atomic E-state index is 12.7. The molecule has 0 spiro atoms. The van der Waals surface area contributed by atoms with Crippen molar-refractivity contribution in [2.24, 2.45) is 17.8 Å². The molecule has 0 amide bonds. The highest BCUT2D eigenvalue weighted by molar-refractivity contribution is 8.13. The number of benzene rings is 1. The lowest BCUT2D eigenvalue weighted by Crippen LogP contribution is -2.12. The second-order valence-corrected chi connectivity index (χ2v) is 7.03. The molecule has 3 aromatic rings. The number of nitrogens with zero attached hydrogens (tertiary/aromatic N) is 4. The van der Waals surface area contributed by atoms with Gasteiger partial charge in [-0.05, 0) is 37.8 Å². The molecule has 1 aromatic carbocycles. The van der Waals surface area contributed by atoms with Crippen molar-refractivity contribution in [2.45, 2.75) is 26.7 Å². The number of fused-ring (bicyclic) bond motifs is 1. The van der Waals surface area contributed by atoms with E-state index in [1.54, 1.807) is 11.7 Å². The number of aromatic nitrogens is 4. The molecule has 0 atom stereocenters. The molecule has 0 unspecified atom stereocenters. The highest BCUT2D eigenvalue weighted by Crippen LogP contribution is 2.32. The number of nitrogens with two attached hydrogens (primary N) is 1. The second-order valence-electron chi connectivity index (χ2n) is 6.20. The largest absolute Gasteiger partial charge is 0.493 e. The van der Waals surface area contributed by atoms with Crippen LogP contribution in [0.2, 0.25) is 0 Å².